The Labute approximate surface area is 182 Å². The Kier molecular flexibility index (Phi) is 4.59. The van der Waals surface area contributed by atoms with Crippen molar-refractivity contribution in [3.63, 3.8) is 0 Å². The van der Waals surface area contributed by atoms with E-state index in [1.54, 1.807) is 30.3 Å². The van der Waals surface area contributed by atoms with Crippen molar-refractivity contribution in [2.45, 2.75) is 12.3 Å². The molecule has 2 N–H and O–H groups in total. The number of carbonyl (C=O) groups is 1. The number of phenolic OH excluding ortho intramolecular Hbond substituents is 2. The Morgan fingerprint density at radius 2 is 1.75 bits per heavy atom. The topological polar surface area (TPSA) is 106 Å². The van der Waals surface area contributed by atoms with Gasteiger partial charge in [0, 0.05) is 17.5 Å². The standard InChI is InChI=1S/C25H18O7/c1-30-15-9-5-8-14(10-15)16-11-19(27)32-25-20(16)24-21(22(28)23(25)29)17(26)12-18(31-24)13-6-3-2-4-7-13/h2-10,12,16,28-29H,11H2,1H3/t16-/m1/s1. The molecule has 3 aromatic carbocycles. The van der Waals surface area contributed by atoms with Gasteiger partial charge in [0.2, 0.25) is 5.75 Å². The Morgan fingerprint density at radius 1 is 0.969 bits per heavy atom. The van der Waals surface area contributed by atoms with E-state index in [0.717, 1.165) is 0 Å². The van der Waals surface area contributed by atoms with Crippen LogP contribution in [0.3, 0.4) is 0 Å². The third kappa shape index (κ3) is 3.06. The summed E-state index contributed by atoms with van der Waals surface area (Å²) in [5, 5.41) is 21.0. The largest absolute Gasteiger partial charge is 0.504 e. The minimum absolute atomic E-state index is 0.0429. The van der Waals surface area contributed by atoms with Crippen molar-refractivity contribution in [2.75, 3.05) is 7.11 Å². The van der Waals surface area contributed by atoms with Gasteiger partial charge in [-0.2, -0.15) is 0 Å². The van der Waals surface area contributed by atoms with Crippen LogP contribution in [0.1, 0.15) is 23.5 Å². The first kappa shape index (κ1) is 19.7. The zero-order valence-corrected chi connectivity index (χ0v) is 17.0. The average molecular weight is 430 g/mol. The van der Waals surface area contributed by atoms with Crippen LogP contribution in [0.15, 0.2) is 69.9 Å². The third-order valence-corrected chi connectivity index (χ3v) is 5.60. The fraction of sp³-hybridized carbons (Fsp3) is 0.120. The van der Waals surface area contributed by atoms with E-state index >= 15 is 0 Å². The number of hydrogen-bond donors (Lipinski definition) is 2. The molecule has 0 radical (unpaired) electrons. The van der Waals surface area contributed by atoms with Gasteiger partial charge in [-0.25, -0.2) is 0 Å². The summed E-state index contributed by atoms with van der Waals surface area (Å²) in [4.78, 5) is 25.4. The molecule has 7 nitrogen and oxygen atoms in total. The van der Waals surface area contributed by atoms with Gasteiger partial charge in [0.25, 0.3) is 0 Å². The first-order chi connectivity index (χ1) is 15.5. The van der Waals surface area contributed by atoms with Gasteiger partial charge in [-0.15, -0.1) is 0 Å². The Balaban J connectivity index is 1.86. The monoisotopic (exact) mass is 430 g/mol. The summed E-state index contributed by atoms with van der Waals surface area (Å²) in [5.41, 5.74) is 1.22. The highest BCUT2D eigenvalue weighted by atomic mass is 16.5. The molecule has 1 aromatic heterocycles. The SMILES string of the molecule is COc1cccc([C@H]2CC(=O)Oc3c(O)c(O)c4c(=O)cc(-c5ccccc5)oc4c32)c1. The van der Waals surface area contributed by atoms with Crippen LogP contribution in [0, 0.1) is 0 Å². The minimum Gasteiger partial charge on any atom is -0.504 e. The fourth-order valence-electron chi connectivity index (χ4n) is 4.10. The lowest BCUT2D eigenvalue weighted by atomic mass is 9.84. The van der Waals surface area contributed by atoms with Gasteiger partial charge >= 0.3 is 5.97 Å². The number of benzene rings is 3. The third-order valence-electron chi connectivity index (χ3n) is 5.60. The maximum atomic E-state index is 13.0. The lowest BCUT2D eigenvalue weighted by molar-refractivity contribution is -0.135. The van der Waals surface area contributed by atoms with E-state index in [9.17, 15) is 19.8 Å². The maximum Gasteiger partial charge on any atom is 0.312 e. The van der Waals surface area contributed by atoms with Crippen molar-refractivity contribution >= 4 is 16.9 Å². The first-order valence-corrected chi connectivity index (χ1v) is 9.93. The molecule has 1 atom stereocenters. The van der Waals surface area contributed by atoms with Gasteiger partial charge in [0.05, 0.1) is 19.1 Å². The Hall–Kier alpha value is -4.26. The second-order valence-electron chi connectivity index (χ2n) is 7.49. The molecule has 1 aliphatic rings. The molecule has 0 bridgehead atoms. The van der Waals surface area contributed by atoms with E-state index in [4.69, 9.17) is 13.9 Å². The highest BCUT2D eigenvalue weighted by molar-refractivity contribution is 5.96. The zero-order valence-electron chi connectivity index (χ0n) is 17.0. The van der Waals surface area contributed by atoms with Crippen molar-refractivity contribution in [3.05, 3.63) is 82.0 Å². The van der Waals surface area contributed by atoms with E-state index in [1.807, 2.05) is 24.3 Å². The van der Waals surface area contributed by atoms with Crippen molar-refractivity contribution < 1.29 is 28.9 Å². The molecular formula is C25H18O7. The normalized spacial score (nSPS) is 15.3. The van der Waals surface area contributed by atoms with Crippen molar-refractivity contribution in [1.29, 1.82) is 0 Å². The van der Waals surface area contributed by atoms with Crippen LogP contribution in [0.25, 0.3) is 22.3 Å². The molecule has 4 aromatic rings. The molecule has 32 heavy (non-hydrogen) atoms. The summed E-state index contributed by atoms with van der Waals surface area (Å²) in [6, 6.07) is 17.4. The highest BCUT2D eigenvalue weighted by Crippen LogP contribution is 2.52. The minimum atomic E-state index is -0.689. The van der Waals surface area contributed by atoms with E-state index in [1.165, 1.54) is 13.2 Å². The predicted octanol–water partition coefficient (Wildman–Crippen LogP) is 4.32. The molecular weight excluding hydrogens is 412 g/mol. The number of ether oxygens (including phenoxy) is 2. The summed E-state index contributed by atoms with van der Waals surface area (Å²) in [6.45, 7) is 0. The van der Waals surface area contributed by atoms with Gasteiger partial charge in [-0.05, 0) is 17.7 Å². The van der Waals surface area contributed by atoms with Gasteiger partial charge in [0.15, 0.2) is 16.9 Å². The molecule has 0 aliphatic carbocycles. The van der Waals surface area contributed by atoms with Crippen LogP contribution in [0.5, 0.6) is 23.0 Å². The van der Waals surface area contributed by atoms with Gasteiger partial charge in [-0.1, -0.05) is 42.5 Å². The summed E-state index contributed by atoms with van der Waals surface area (Å²) < 4.78 is 16.7. The molecule has 0 fully saturated rings. The number of phenols is 2. The molecule has 2 heterocycles. The second kappa shape index (κ2) is 7.46. The van der Waals surface area contributed by atoms with E-state index in [0.29, 0.717) is 22.4 Å². The van der Waals surface area contributed by atoms with Crippen LogP contribution < -0.4 is 14.9 Å². The van der Waals surface area contributed by atoms with Gasteiger partial charge < -0.3 is 24.1 Å². The molecule has 7 heteroatoms. The van der Waals surface area contributed by atoms with Crippen LogP contribution >= 0.6 is 0 Å². The number of hydrogen-bond acceptors (Lipinski definition) is 7. The van der Waals surface area contributed by atoms with Gasteiger partial charge in [0.1, 0.15) is 22.5 Å². The van der Waals surface area contributed by atoms with Crippen molar-refractivity contribution in [3.8, 4) is 34.3 Å². The van der Waals surface area contributed by atoms with E-state index in [-0.39, 0.29) is 28.9 Å². The molecule has 0 unspecified atom stereocenters. The highest BCUT2D eigenvalue weighted by Gasteiger charge is 2.36. The molecule has 1 aliphatic heterocycles. The molecule has 0 amide bonds. The lowest BCUT2D eigenvalue weighted by Gasteiger charge is -2.27. The number of methoxy groups -OCH3 is 1. The number of esters is 1. The second-order valence-corrected chi connectivity index (χ2v) is 7.49. The van der Waals surface area contributed by atoms with Crippen LogP contribution in [-0.2, 0) is 4.79 Å². The number of carbonyl (C=O) groups excluding carboxylic acids is 1. The molecule has 0 saturated carbocycles. The van der Waals surface area contributed by atoms with Crippen LogP contribution in [0.4, 0.5) is 0 Å². The summed E-state index contributed by atoms with van der Waals surface area (Å²) in [7, 11) is 1.53. The molecule has 5 rings (SSSR count). The number of aromatic hydroxyl groups is 2. The van der Waals surface area contributed by atoms with Crippen LogP contribution in [-0.4, -0.2) is 23.3 Å². The summed E-state index contributed by atoms with van der Waals surface area (Å²) >= 11 is 0. The summed E-state index contributed by atoms with van der Waals surface area (Å²) in [5.74, 6) is -1.88. The number of fused-ring (bicyclic) bond motifs is 3. The van der Waals surface area contributed by atoms with Crippen LogP contribution in [0.2, 0.25) is 0 Å². The van der Waals surface area contributed by atoms with Gasteiger partial charge in [-0.3, -0.25) is 9.59 Å². The van der Waals surface area contributed by atoms with E-state index in [2.05, 4.69) is 0 Å². The lowest BCUT2D eigenvalue weighted by Crippen LogP contribution is -2.22. The number of rotatable bonds is 3. The maximum absolute atomic E-state index is 13.0. The fourth-order valence-corrected chi connectivity index (χ4v) is 4.10. The zero-order chi connectivity index (χ0) is 22.4. The Bertz CT molecular complexity index is 1420. The predicted molar refractivity (Wildman–Crippen MR) is 116 cm³/mol. The van der Waals surface area contributed by atoms with Crippen molar-refractivity contribution in [2.24, 2.45) is 0 Å². The summed E-state index contributed by atoms with van der Waals surface area (Å²) in [6.07, 6.45) is -0.0429. The average Bonchev–Trinajstić information content (AvgIpc) is 2.82. The first-order valence-electron chi connectivity index (χ1n) is 9.93. The quantitative estimate of drug-likeness (QED) is 0.283. The molecule has 0 spiro atoms. The van der Waals surface area contributed by atoms with E-state index < -0.39 is 28.8 Å². The molecule has 160 valence electrons. The van der Waals surface area contributed by atoms with Crippen molar-refractivity contribution in [1.82, 2.24) is 0 Å². The molecule has 0 saturated heterocycles. The smallest absolute Gasteiger partial charge is 0.312 e. The Morgan fingerprint density at radius 3 is 2.50 bits per heavy atom.